The Hall–Kier alpha value is -1.04. The summed E-state index contributed by atoms with van der Waals surface area (Å²) in [6.45, 7) is 2.06. The van der Waals surface area contributed by atoms with Crippen molar-refractivity contribution in [3.63, 3.8) is 0 Å². The van der Waals surface area contributed by atoms with E-state index in [0.29, 0.717) is 10.6 Å². The van der Waals surface area contributed by atoms with E-state index >= 15 is 0 Å². The molecule has 3 nitrogen and oxygen atoms in total. The summed E-state index contributed by atoms with van der Waals surface area (Å²) in [6, 6.07) is 7.47. The molecule has 0 saturated heterocycles. The Morgan fingerprint density at radius 1 is 1.38 bits per heavy atom. The van der Waals surface area contributed by atoms with Crippen molar-refractivity contribution < 1.29 is 4.79 Å². The summed E-state index contributed by atoms with van der Waals surface area (Å²) in [5.41, 5.74) is 1.38. The molecule has 1 aromatic carbocycles. The van der Waals surface area contributed by atoms with Gasteiger partial charge in [0.1, 0.15) is 0 Å². The molecule has 0 aliphatic rings. The van der Waals surface area contributed by atoms with E-state index in [2.05, 4.69) is 34.2 Å². The van der Waals surface area contributed by atoms with Crippen LogP contribution in [0.15, 0.2) is 34.1 Å². The molecule has 2 rings (SSSR count). The topological polar surface area (TPSA) is 32.3 Å². The highest BCUT2D eigenvalue weighted by Crippen LogP contribution is 2.31. The van der Waals surface area contributed by atoms with Gasteiger partial charge >= 0.3 is 0 Å². The predicted molar refractivity (Wildman–Crippen MR) is 93.5 cm³/mol. The summed E-state index contributed by atoms with van der Waals surface area (Å²) in [6.07, 6.45) is 0. The van der Waals surface area contributed by atoms with Crippen LogP contribution in [0, 0.1) is 0 Å². The number of nitrogens with one attached hydrogen (secondary N) is 1. The van der Waals surface area contributed by atoms with Crippen LogP contribution < -0.4 is 5.32 Å². The van der Waals surface area contributed by atoms with Gasteiger partial charge in [-0.05, 0) is 47.1 Å². The molecule has 21 heavy (non-hydrogen) atoms. The van der Waals surface area contributed by atoms with Crippen molar-refractivity contribution in [1.82, 2.24) is 4.90 Å². The zero-order chi connectivity index (χ0) is 15.6. The van der Waals surface area contributed by atoms with Crippen LogP contribution in [0.25, 0.3) is 0 Å². The van der Waals surface area contributed by atoms with Gasteiger partial charge in [-0.25, -0.2) is 0 Å². The first-order valence-corrected chi connectivity index (χ1v) is 8.45. The van der Waals surface area contributed by atoms with Gasteiger partial charge < -0.3 is 10.2 Å². The smallest absolute Gasteiger partial charge is 0.253 e. The molecular formula is C15H16BrClN2OS. The van der Waals surface area contributed by atoms with E-state index in [9.17, 15) is 4.79 Å². The largest absolute Gasteiger partial charge is 0.376 e. The SMILES string of the molecule is CC(Nc1cc(C(=O)N(C)C)ccc1Cl)c1cc(Br)cs1. The van der Waals surface area contributed by atoms with Crippen LogP contribution in [0.2, 0.25) is 5.02 Å². The molecule has 1 heterocycles. The molecule has 0 bridgehead atoms. The number of nitrogens with zero attached hydrogens (tertiary/aromatic N) is 1. The lowest BCUT2D eigenvalue weighted by molar-refractivity contribution is 0.0827. The van der Waals surface area contributed by atoms with E-state index in [1.165, 1.54) is 4.88 Å². The third-order valence-electron chi connectivity index (χ3n) is 3.01. The minimum atomic E-state index is -0.0405. The zero-order valence-electron chi connectivity index (χ0n) is 12.0. The van der Waals surface area contributed by atoms with Crippen LogP contribution in [-0.2, 0) is 0 Å². The number of thiophene rings is 1. The number of halogens is 2. The molecule has 0 aliphatic heterocycles. The molecule has 1 unspecified atom stereocenters. The van der Waals surface area contributed by atoms with Crippen LogP contribution in [-0.4, -0.2) is 24.9 Å². The van der Waals surface area contributed by atoms with Gasteiger partial charge in [0.25, 0.3) is 5.91 Å². The molecule has 1 atom stereocenters. The second-order valence-electron chi connectivity index (χ2n) is 4.93. The lowest BCUT2D eigenvalue weighted by Gasteiger charge is -2.17. The fraction of sp³-hybridized carbons (Fsp3) is 0.267. The molecular weight excluding hydrogens is 372 g/mol. The van der Waals surface area contributed by atoms with Crippen LogP contribution in [0.3, 0.4) is 0 Å². The van der Waals surface area contributed by atoms with Crippen LogP contribution >= 0.6 is 38.9 Å². The first-order valence-electron chi connectivity index (χ1n) is 6.40. The first kappa shape index (κ1) is 16.3. The number of rotatable bonds is 4. The Kier molecular flexibility index (Phi) is 5.30. The molecule has 6 heteroatoms. The summed E-state index contributed by atoms with van der Waals surface area (Å²) < 4.78 is 1.07. The number of anilines is 1. The summed E-state index contributed by atoms with van der Waals surface area (Å²) in [4.78, 5) is 14.8. The van der Waals surface area contributed by atoms with Gasteiger partial charge in [0, 0.05) is 34.4 Å². The minimum Gasteiger partial charge on any atom is -0.376 e. The second kappa shape index (κ2) is 6.81. The van der Waals surface area contributed by atoms with Gasteiger partial charge in [-0.3, -0.25) is 4.79 Å². The fourth-order valence-corrected chi connectivity index (χ4v) is 3.51. The molecule has 2 aromatic rings. The average Bonchev–Trinajstić information content (AvgIpc) is 2.87. The molecule has 0 fully saturated rings. The van der Waals surface area contributed by atoms with E-state index in [-0.39, 0.29) is 11.9 Å². The van der Waals surface area contributed by atoms with Crippen molar-refractivity contribution in [1.29, 1.82) is 0 Å². The van der Waals surface area contributed by atoms with Crippen molar-refractivity contribution in [3.8, 4) is 0 Å². The van der Waals surface area contributed by atoms with Crippen molar-refractivity contribution >= 4 is 50.5 Å². The maximum absolute atomic E-state index is 12.0. The predicted octanol–water partition coefficient (Wildman–Crippen LogP) is 5.04. The normalized spacial score (nSPS) is 12.0. The van der Waals surface area contributed by atoms with E-state index in [1.807, 2.05) is 5.38 Å². The third-order valence-corrected chi connectivity index (χ3v) is 5.21. The van der Waals surface area contributed by atoms with Crippen LogP contribution in [0.4, 0.5) is 5.69 Å². The van der Waals surface area contributed by atoms with Gasteiger partial charge in [-0.2, -0.15) is 0 Å². The van der Waals surface area contributed by atoms with Gasteiger partial charge in [0.15, 0.2) is 0 Å². The molecule has 1 amide bonds. The number of carbonyl (C=O) groups excluding carboxylic acids is 1. The van der Waals surface area contributed by atoms with Crippen molar-refractivity contribution in [2.45, 2.75) is 13.0 Å². The zero-order valence-corrected chi connectivity index (χ0v) is 15.1. The Morgan fingerprint density at radius 2 is 2.10 bits per heavy atom. The summed E-state index contributed by atoms with van der Waals surface area (Å²) in [7, 11) is 3.46. The van der Waals surface area contributed by atoms with Gasteiger partial charge in [-0.15, -0.1) is 11.3 Å². The van der Waals surface area contributed by atoms with E-state index in [4.69, 9.17) is 11.6 Å². The van der Waals surface area contributed by atoms with Crippen LogP contribution in [0.5, 0.6) is 0 Å². The summed E-state index contributed by atoms with van der Waals surface area (Å²) >= 11 is 11.3. The highest BCUT2D eigenvalue weighted by atomic mass is 79.9. The second-order valence-corrected chi connectivity index (χ2v) is 7.19. The van der Waals surface area contributed by atoms with Gasteiger partial charge in [-0.1, -0.05) is 11.6 Å². The Morgan fingerprint density at radius 3 is 2.67 bits per heavy atom. The monoisotopic (exact) mass is 386 g/mol. The van der Waals surface area contributed by atoms with Gasteiger partial charge in [0.2, 0.25) is 0 Å². The van der Waals surface area contributed by atoms with E-state index < -0.39 is 0 Å². The van der Waals surface area contributed by atoms with Crippen molar-refractivity contribution in [3.05, 3.63) is 49.6 Å². The van der Waals surface area contributed by atoms with Crippen LogP contribution in [0.1, 0.15) is 28.2 Å². The number of hydrogen-bond donors (Lipinski definition) is 1. The molecule has 0 saturated carbocycles. The molecule has 112 valence electrons. The number of hydrogen-bond acceptors (Lipinski definition) is 3. The maximum Gasteiger partial charge on any atom is 0.253 e. The fourth-order valence-electron chi connectivity index (χ4n) is 1.89. The van der Waals surface area contributed by atoms with Crippen molar-refractivity contribution in [2.24, 2.45) is 0 Å². The lowest BCUT2D eigenvalue weighted by atomic mass is 10.1. The van der Waals surface area contributed by atoms with E-state index in [0.717, 1.165) is 10.2 Å². The quantitative estimate of drug-likeness (QED) is 0.797. The summed E-state index contributed by atoms with van der Waals surface area (Å²) in [5, 5.41) is 6.01. The lowest BCUT2D eigenvalue weighted by Crippen LogP contribution is -2.21. The average molecular weight is 388 g/mol. The molecule has 0 radical (unpaired) electrons. The first-order chi connectivity index (χ1) is 9.88. The molecule has 1 aromatic heterocycles. The van der Waals surface area contributed by atoms with Crippen molar-refractivity contribution in [2.75, 3.05) is 19.4 Å². The molecule has 1 N–H and O–H groups in total. The van der Waals surface area contributed by atoms with Gasteiger partial charge in [0.05, 0.1) is 16.8 Å². The molecule has 0 aliphatic carbocycles. The number of benzene rings is 1. The highest BCUT2D eigenvalue weighted by molar-refractivity contribution is 9.10. The Balaban J connectivity index is 2.23. The Bertz CT molecular complexity index is 657. The maximum atomic E-state index is 12.0. The summed E-state index contributed by atoms with van der Waals surface area (Å²) in [5.74, 6) is -0.0405. The number of amides is 1. The standard InChI is InChI=1S/C15H16BrClN2OS/c1-9(14-7-11(16)8-21-14)18-13-6-10(4-5-12(13)17)15(20)19(2)3/h4-9,18H,1-3H3. The minimum absolute atomic E-state index is 0.0405. The van der Waals surface area contributed by atoms with E-state index in [1.54, 1.807) is 48.5 Å². The number of carbonyl (C=O) groups is 1. The third kappa shape index (κ3) is 3.99. The highest BCUT2D eigenvalue weighted by Gasteiger charge is 2.13. The Labute approximate surface area is 142 Å². The molecule has 0 spiro atoms.